The molecule has 0 radical (unpaired) electrons. The highest BCUT2D eigenvalue weighted by Gasteiger charge is 2.09. The van der Waals surface area contributed by atoms with Gasteiger partial charge in [-0.1, -0.05) is 38.7 Å². The van der Waals surface area contributed by atoms with Gasteiger partial charge in [-0.2, -0.15) is 0 Å². The number of benzene rings is 1. The number of carbonyl (C=O) groups excluding carboxylic acids is 2. The number of anilines is 2. The normalized spacial score (nSPS) is 10.5. The predicted octanol–water partition coefficient (Wildman–Crippen LogP) is 4.03. The van der Waals surface area contributed by atoms with Crippen LogP contribution in [0, 0.1) is 0 Å². The van der Waals surface area contributed by atoms with E-state index in [1.54, 1.807) is 36.4 Å². The van der Waals surface area contributed by atoms with Gasteiger partial charge in [0, 0.05) is 11.4 Å². The molecular formula is C20H27N3O3. The van der Waals surface area contributed by atoms with Gasteiger partial charge >= 0.3 is 0 Å². The molecule has 6 heteroatoms. The number of nitrogens with one attached hydrogen (secondary N) is 3. The number of amides is 2. The first-order valence-electron chi connectivity index (χ1n) is 9.14. The molecule has 2 aromatic rings. The number of hydrogen-bond acceptors (Lipinski definition) is 4. The molecule has 0 aliphatic rings. The lowest BCUT2D eigenvalue weighted by atomic mass is 10.1. The highest BCUT2D eigenvalue weighted by Crippen LogP contribution is 2.16. The average Bonchev–Trinajstić information content (AvgIpc) is 3.16. The summed E-state index contributed by atoms with van der Waals surface area (Å²) in [6.07, 6.45) is 7.48. The van der Waals surface area contributed by atoms with Gasteiger partial charge in [-0.05, 0) is 43.3 Å². The van der Waals surface area contributed by atoms with Crippen LogP contribution in [0.1, 0.15) is 49.6 Å². The van der Waals surface area contributed by atoms with Crippen molar-refractivity contribution in [3.63, 3.8) is 0 Å². The quantitative estimate of drug-likeness (QED) is 0.530. The van der Waals surface area contributed by atoms with Crippen LogP contribution < -0.4 is 16.0 Å². The topological polar surface area (TPSA) is 83.4 Å². The Kier molecular flexibility index (Phi) is 8.42. The van der Waals surface area contributed by atoms with Crippen LogP contribution in [0.25, 0.3) is 0 Å². The summed E-state index contributed by atoms with van der Waals surface area (Å²) >= 11 is 0. The number of carbonyl (C=O) groups is 2. The Labute approximate surface area is 154 Å². The number of furan rings is 1. The Morgan fingerprint density at radius 1 is 0.962 bits per heavy atom. The number of hydrogen-bond donors (Lipinski definition) is 3. The third-order valence-electron chi connectivity index (χ3n) is 3.89. The second kappa shape index (κ2) is 11.1. The summed E-state index contributed by atoms with van der Waals surface area (Å²) in [5.74, 6) is -0.195. The van der Waals surface area contributed by atoms with Crippen molar-refractivity contribution < 1.29 is 14.0 Å². The molecule has 0 fully saturated rings. The SMILES string of the molecule is CCCCCCCNCC(=O)Nc1cccc(NC(=O)c2ccco2)c1. The van der Waals surface area contributed by atoms with Gasteiger partial charge in [0.1, 0.15) is 0 Å². The van der Waals surface area contributed by atoms with Crippen molar-refractivity contribution >= 4 is 23.2 Å². The van der Waals surface area contributed by atoms with Crippen LogP contribution in [0.3, 0.4) is 0 Å². The zero-order valence-corrected chi connectivity index (χ0v) is 15.2. The van der Waals surface area contributed by atoms with E-state index >= 15 is 0 Å². The minimum Gasteiger partial charge on any atom is -0.459 e. The average molecular weight is 357 g/mol. The van der Waals surface area contributed by atoms with E-state index in [4.69, 9.17) is 4.42 Å². The molecule has 0 aliphatic heterocycles. The van der Waals surface area contributed by atoms with E-state index < -0.39 is 0 Å². The molecule has 3 N–H and O–H groups in total. The Morgan fingerprint density at radius 3 is 2.46 bits per heavy atom. The van der Waals surface area contributed by atoms with E-state index in [0.29, 0.717) is 11.4 Å². The molecule has 0 bridgehead atoms. The van der Waals surface area contributed by atoms with Gasteiger partial charge < -0.3 is 20.4 Å². The van der Waals surface area contributed by atoms with Crippen LogP contribution >= 0.6 is 0 Å². The zero-order valence-electron chi connectivity index (χ0n) is 15.2. The van der Waals surface area contributed by atoms with Crippen LogP contribution in [-0.2, 0) is 4.79 Å². The van der Waals surface area contributed by atoms with E-state index in [-0.39, 0.29) is 24.1 Å². The summed E-state index contributed by atoms with van der Waals surface area (Å²) in [6.45, 7) is 3.31. The Balaban J connectivity index is 1.72. The maximum atomic E-state index is 12.0. The smallest absolute Gasteiger partial charge is 0.291 e. The van der Waals surface area contributed by atoms with Crippen molar-refractivity contribution in [1.29, 1.82) is 0 Å². The van der Waals surface area contributed by atoms with Crippen molar-refractivity contribution in [1.82, 2.24) is 5.32 Å². The van der Waals surface area contributed by atoms with Crippen LogP contribution in [0.4, 0.5) is 11.4 Å². The molecule has 6 nitrogen and oxygen atoms in total. The second-order valence-electron chi connectivity index (χ2n) is 6.15. The van der Waals surface area contributed by atoms with E-state index in [9.17, 15) is 9.59 Å². The molecule has 2 rings (SSSR count). The van der Waals surface area contributed by atoms with E-state index in [0.717, 1.165) is 13.0 Å². The first kappa shape index (κ1) is 19.7. The first-order valence-corrected chi connectivity index (χ1v) is 9.14. The summed E-state index contributed by atoms with van der Waals surface area (Å²) < 4.78 is 5.06. The number of unbranched alkanes of at least 4 members (excludes halogenated alkanes) is 4. The summed E-state index contributed by atoms with van der Waals surface area (Å²) in [5.41, 5.74) is 1.23. The maximum absolute atomic E-state index is 12.0. The minimum atomic E-state index is -0.330. The fraction of sp³-hybridized carbons (Fsp3) is 0.400. The molecule has 0 spiro atoms. The van der Waals surface area contributed by atoms with E-state index in [2.05, 4.69) is 22.9 Å². The molecule has 0 saturated heterocycles. The molecule has 0 saturated carbocycles. The molecule has 1 aromatic carbocycles. The third-order valence-corrected chi connectivity index (χ3v) is 3.89. The molecule has 0 unspecified atom stereocenters. The molecule has 26 heavy (non-hydrogen) atoms. The maximum Gasteiger partial charge on any atom is 0.291 e. The van der Waals surface area contributed by atoms with Crippen molar-refractivity contribution in [2.75, 3.05) is 23.7 Å². The Morgan fingerprint density at radius 2 is 1.73 bits per heavy atom. The highest BCUT2D eigenvalue weighted by atomic mass is 16.3. The highest BCUT2D eigenvalue weighted by molar-refractivity contribution is 6.02. The van der Waals surface area contributed by atoms with E-state index in [1.165, 1.54) is 31.9 Å². The van der Waals surface area contributed by atoms with Gasteiger partial charge in [0.2, 0.25) is 5.91 Å². The molecule has 0 atom stereocenters. The zero-order chi connectivity index (χ0) is 18.6. The Hall–Kier alpha value is -2.60. The van der Waals surface area contributed by atoms with Crippen LogP contribution in [-0.4, -0.2) is 24.9 Å². The molecular weight excluding hydrogens is 330 g/mol. The van der Waals surface area contributed by atoms with Gasteiger partial charge in [0.05, 0.1) is 12.8 Å². The lowest BCUT2D eigenvalue weighted by molar-refractivity contribution is -0.115. The number of rotatable bonds is 11. The molecule has 2 amide bonds. The monoisotopic (exact) mass is 357 g/mol. The summed E-state index contributed by atoms with van der Waals surface area (Å²) in [4.78, 5) is 24.0. The van der Waals surface area contributed by atoms with Gasteiger partial charge in [-0.25, -0.2) is 0 Å². The minimum absolute atomic E-state index is 0.104. The van der Waals surface area contributed by atoms with Crippen molar-refractivity contribution in [2.24, 2.45) is 0 Å². The van der Waals surface area contributed by atoms with Gasteiger partial charge in [0.25, 0.3) is 5.91 Å². The Bertz CT molecular complexity index is 683. The molecule has 0 aliphatic carbocycles. The molecule has 1 heterocycles. The standard InChI is InChI=1S/C20H27N3O3/c1-2-3-4-5-6-12-21-15-19(24)22-16-9-7-10-17(14-16)23-20(25)18-11-8-13-26-18/h7-11,13-14,21H,2-6,12,15H2,1H3,(H,22,24)(H,23,25). The van der Waals surface area contributed by atoms with Crippen LogP contribution in [0.15, 0.2) is 47.1 Å². The van der Waals surface area contributed by atoms with Gasteiger partial charge in [-0.15, -0.1) is 0 Å². The summed E-state index contributed by atoms with van der Waals surface area (Å²) in [7, 11) is 0. The summed E-state index contributed by atoms with van der Waals surface area (Å²) in [6, 6.07) is 10.3. The molecule has 140 valence electrons. The molecule has 1 aromatic heterocycles. The van der Waals surface area contributed by atoms with Gasteiger partial charge in [-0.3, -0.25) is 9.59 Å². The lowest BCUT2D eigenvalue weighted by Gasteiger charge is -2.09. The van der Waals surface area contributed by atoms with Crippen LogP contribution in [0.2, 0.25) is 0 Å². The van der Waals surface area contributed by atoms with Crippen molar-refractivity contribution in [3.8, 4) is 0 Å². The van der Waals surface area contributed by atoms with Crippen molar-refractivity contribution in [3.05, 3.63) is 48.4 Å². The second-order valence-corrected chi connectivity index (χ2v) is 6.15. The predicted molar refractivity (Wildman–Crippen MR) is 103 cm³/mol. The first-order chi connectivity index (χ1) is 12.7. The summed E-state index contributed by atoms with van der Waals surface area (Å²) in [5, 5.41) is 8.71. The van der Waals surface area contributed by atoms with Crippen molar-refractivity contribution in [2.45, 2.75) is 39.0 Å². The van der Waals surface area contributed by atoms with Crippen LogP contribution in [0.5, 0.6) is 0 Å². The van der Waals surface area contributed by atoms with Gasteiger partial charge in [0.15, 0.2) is 5.76 Å². The fourth-order valence-electron chi connectivity index (χ4n) is 2.54. The third kappa shape index (κ3) is 7.11. The lowest BCUT2D eigenvalue weighted by Crippen LogP contribution is -2.28. The largest absolute Gasteiger partial charge is 0.459 e. The fourth-order valence-corrected chi connectivity index (χ4v) is 2.54. The van der Waals surface area contributed by atoms with E-state index in [1.807, 2.05) is 0 Å².